The normalized spacial score (nSPS) is 12.3. The first-order valence-corrected chi connectivity index (χ1v) is 6.91. The van der Waals surface area contributed by atoms with Crippen molar-refractivity contribution in [3.63, 3.8) is 0 Å². The van der Waals surface area contributed by atoms with Gasteiger partial charge in [0.25, 0.3) is 0 Å². The highest BCUT2D eigenvalue weighted by Gasteiger charge is 2.13. The molecule has 106 valence electrons. The molecular weight excluding hydrogens is 252 g/mol. The Labute approximate surface area is 119 Å². The second-order valence-corrected chi connectivity index (χ2v) is 4.78. The summed E-state index contributed by atoms with van der Waals surface area (Å²) in [6.07, 6.45) is 3.96. The third-order valence-corrected chi connectivity index (χ3v) is 3.26. The number of carbonyl (C=O) groups is 1. The smallest absolute Gasteiger partial charge is 0.227 e. The molecule has 0 saturated heterocycles. The summed E-state index contributed by atoms with van der Waals surface area (Å²) >= 11 is 0. The van der Waals surface area contributed by atoms with Gasteiger partial charge in [0.05, 0.1) is 23.7 Å². The largest absolute Gasteiger partial charge is 0.381 e. The molecule has 2 aromatic rings. The lowest BCUT2D eigenvalue weighted by molar-refractivity contribution is -0.118. The van der Waals surface area contributed by atoms with E-state index in [1.165, 1.54) is 0 Å². The fourth-order valence-electron chi connectivity index (χ4n) is 2.24. The minimum Gasteiger partial charge on any atom is -0.381 e. The van der Waals surface area contributed by atoms with Crippen LogP contribution in [0.5, 0.6) is 0 Å². The van der Waals surface area contributed by atoms with E-state index in [2.05, 4.69) is 17.2 Å². The van der Waals surface area contributed by atoms with Crippen LogP contribution in [0.2, 0.25) is 0 Å². The fraction of sp³-hybridized carbons (Fsp3) is 0.375. The highest BCUT2D eigenvalue weighted by molar-refractivity contribution is 6.00. The van der Waals surface area contributed by atoms with E-state index in [1.807, 2.05) is 30.3 Å². The molecule has 0 aliphatic carbocycles. The van der Waals surface area contributed by atoms with Crippen molar-refractivity contribution in [2.75, 3.05) is 12.4 Å². The van der Waals surface area contributed by atoms with Gasteiger partial charge in [-0.15, -0.1) is 0 Å². The van der Waals surface area contributed by atoms with E-state index in [0.29, 0.717) is 6.42 Å². The first-order chi connectivity index (χ1) is 9.74. The summed E-state index contributed by atoms with van der Waals surface area (Å²) in [5, 5.41) is 3.94. The van der Waals surface area contributed by atoms with E-state index in [0.717, 1.165) is 29.4 Å². The van der Waals surface area contributed by atoms with Crippen LogP contribution in [0, 0.1) is 0 Å². The van der Waals surface area contributed by atoms with Crippen molar-refractivity contribution in [2.24, 2.45) is 0 Å². The van der Waals surface area contributed by atoms with Crippen molar-refractivity contribution in [2.45, 2.75) is 32.3 Å². The molecule has 1 heterocycles. The van der Waals surface area contributed by atoms with Gasteiger partial charge < -0.3 is 10.1 Å². The molecular formula is C16H20N2O2. The standard InChI is InChI=1S/C16H20N2O2/c1-3-6-13(20-2)11-15(19)18-14-9-4-7-12-8-5-10-17-16(12)14/h4-5,7-10,13H,3,6,11H2,1-2H3,(H,18,19). The SMILES string of the molecule is CCCC(CC(=O)Nc1cccc2cccnc12)OC. The summed E-state index contributed by atoms with van der Waals surface area (Å²) in [7, 11) is 1.65. The van der Waals surface area contributed by atoms with Crippen molar-refractivity contribution >= 4 is 22.5 Å². The summed E-state index contributed by atoms with van der Waals surface area (Å²) in [5.74, 6) is -0.0385. The van der Waals surface area contributed by atoms with E-state index in [4.69, 9.17) is 4.74 Å². The zero-order valence-electron chi connectivity index (χ0n) is 11.9. The molecule has 1 aromatic carbocycles. The van der Waals surface area contributed by atoms with Gasteiger partial charge in [0, 0.05) is 18.7 Å². The number of methoxy groups -OCH3 is 1. The number of nitrogens with one attached hydrogen (secondary N) is 1. The topological polar surface area (TPSA) is 51.2 Å². The van der Waals surface area contributed by atoms with Crippen LogP contribution < -0.4 is 5.32 Å². The quantitative estimate of drug-likeness (QED) is 0.877. The molecule has 1 N–H and O–H groups in total. The Morgan fingerprint density at radius 2 is 2.15 bits per heavy atom. The fourth-order valence-corrected chi connectivity index (χ4v) is 2.24. The predicted molar refractivity (Wildman–Crippen MR) is 80.7 cm³/mol. The van der Waals surface area contributed by atoms with E-state index < -0.39 is 0 Å². The summed E-state index contributed by atoms with van der Waals surface area (Å²) in [4.78, 5) is 16.4. The predicted octanol–water partition coefficient (Wildman–Crippen LogP) is 3.38. The zero-order valence-corrected chi connectivity index (χ0v) is 11.9. The van der Waals surface area contributed by atoms with Gasteiger partial charge in [-0.2, -0.15) is 0 Å². The van der Waals surface area contributed by atoms with Gasteiger partial charge in [0.1, 0.15) is 0 Å². The van der Waals surface area contributed by atoms with Crippen molar-refractivity contribution in [3.05, 3.63) is 36.5 Å². The van der Waals surface area contributed by atoms with Gasteiger partial charge in [-0.05, 0) is 18.6 Å². The highest BCUT2D eigenvalue weighted by atomic mass is 16.5. The molecule has 1 atom stereocenters. The van der Waals surface area contributed by atoms with Gasteiger partial charge in [0.15, 0.2) is 0 Å². The number of nitrogens with zero attached hydrogens (tertiary/aromatic N) is 1. The molecule has 1 amide bonds. The van der Waals surface area contributed by atoms with Crippen LogP contribution in [-0.2, 0) is 9.53 Å². The number of hydrogen-bond donors (Lipinski definition) is 1. The molecule has 0 aliphatic rings. The Balaban J connectivity index is 2.10. The number of ether oxygens (including phenoxy) is 1. The number of anilines is 1. The summed E-state index contributed by atoms with van der Waals surface area (Å²) in [5.41, 5.74) is 1.56. The molecule has 2 rings (SSSR count). The molecule has 0 bridgehead atoms. The van der Waals surface area contributed by atoms with Crippen LogP contribution in [0.1, 0.15) is 26.2 Å². The molecule has 4 heteroatoms. The first-order valence-electron chi connectivity index (χ1n) is 6.91. The number of hydrogen-bond acceptors (Lipinski definition) is 3. The van der Waals surface area contributed by atoms with Gasteiger partial charge in [-0.3, -0.25) is 9.78 Å². The Hall–Kier alpha value is -1.94. The van der Waals surface area contributed by atoms with Crippen LogP contribution in [0.3, 0.4) is 0 Å². The van der Waals surface area contributed by atoms with Crippen LogP contribution in [-0.4, -0.2) is 24.1 Å². The second kappa shape index (κ2) is 7.01. The number of aromatic nitrogens is 1. The Kier molecular flexibility index (Phi) is 5.07. The zero-order chi connectivity index (χ0) is 14.4. The van der Waals surface area contributed by atoms with Crippen LogP contribution in [0.25, 0.3) is 10.9 Å². The first kappa shape index (κ1) is 14.5. The van der Waals surface area contributed by atoms with Gasteiger partial charge >= 0.3 is 0 Å². The lowest BCUT2D eigenvalue weighted by Gasteiger charge is -2.14. The number of pyridine rings is 1. The molecule has 0 radical (unpaired) electrons. The monoisotopic (exact) mass is 272 g/mol. The average molecular weight is 272 g/mol. The molecule has 1 aromatic heterocycles. The summed E-state index contributed by atoms with van der Waals surface area (Å²) in [6, 6.07) is 9.63. The third kappa shape index (κ3) is 3.54. The van der Waals surface area contributed by atoms with E-state index in [-0.39, 0.29) is 12.0 Å². The number of rotatable bonds is 6. The van der Waals surface area contributed by atoms with Crippen molar-refractivity contribution < 1.29 is 9.53 Å². The van der Waals surface area contributed by atoms with Gasteiger partial charge in [0.2, 0.25) is 5.91 Å². The molecule has 0 saturated carbocycles. The second-order valence-electron chi connectivity index (χ2n) is 4.78. The maximum absolute atomic E-state index is 12.1. The molecule has 0 aliphatic heterocycles. The lowest BCUT2D eigenvalue weighted by atomic mass is 10.1. The number of carbonyl (C=O) groups excluding carboxylic acids is 1. The van der Waals surface area contributed by atoms with Crippen LogP contribution in [0.15, 0.2) is 36.5 Å². The minimum absolute atomic E-state index is 0.0251. The number of para-hydroxylation sites is 1. The molecule has 0 fully saturated rings. The van der Waals surface area contributed by atoms with Crippen LogP contribution >= 0.6 is 0 Å². The van der Waals surface area contributed by atoms with E-state index in [1.54, 1.807) is 13.3 Å². The third-order valence-electron chi connectivity index (χ3n) is 3.26. The van der Waals surface area contributed by atoms with Crippen molar-refractivity contribution in [3.8, 4) is 0 Å². The number of fused-ring (bicyclic) bond motifs is 1. The maximum atomic E-state index is 12.1. The Morgan fingerprint density at radius 3 is 2.90 bits per heavy atom. The molecule has 1 unspecified atom stereocenters. The summed E-state index contributed by atoms with van der Waals surface area (Å²) < 4.78 is 5.31. The van der Waals surface area contributed by atoms with Gasteiger partial charge in [-0.1, -0.05) is 31.5 Å². The Bertz CT molecular complexity index is 578. The summed E-state index contributed by atoms with van der Waals surface area (Å²) in [6.45, 7) is 2.08. The van der Waals surface area contributed by atoms with E-state index in [9.17, 15) is 4.79 Å². The Morgan fingerprint density at radius 1 is 1.35 bits per heavy atom. The molecule has 4 nitrogen and oxygen atoms in total. The maximum Gasteiger partial charge on any atom is 0.227 e. The molecule has 20 heavy (non-hydrogen) atoms. The molecule has 0 spiro atoms. The number of amides is 1. The van der Waals surface area contributed by atoms with Crippen molar-refractivity contribution in [1.82, 2.24) is 4.98 Å². The van der Waals surface area contributed by atoms with Crippen molar-refractivity contribution in [1.29, 1.82) is 0 Å². The number of benzene rings is 1. The highest BCUT2D eigenvalue weighted by Crippen LogP contribution is 2.21. The van der Waals surface area contributed by atoms with Gasteiger partial charge in [-0.25, -0.2) is 0 Å². The lowest BCUT2D eigenvalue weighted by Crippen LogP contribution is -2.21. The van der Waals surface area contributed by atoms with Crippen LogP contribution in [0.4, 0.5) is 5.69 Å². The van der Waals surface area contributed by atoms with E-state index >= 15 is 0 Å². The average Bonchev–Trinajstić information content (AvgIpc) is 2.47. The minimum atomic E-state index is -0.0385.